The third-order valence-corrected chi connectivity index (χ3v) is 5.12. The molecule has 0 bridgehead atoms. The number of rotatable bonds is 4. The number of cyclic esters (lactones) is 1. The van der Waals surface area contributed by atoms with E-state index < -0.39 is 12.1 Å². The van der Waals surface area contributed by atoms with Crippen molar-refractivity contribution >= 4 is 17.8 Å². The van der Waals surface area contributed by atoms with Crippen molar-refractivity contribution in [3.8, 4) is 5.75 Å². The molecule has 0 N–H and O–H groups in total. The van der Waals surface area contributed by atoms with E-state index in [1.54, 1.807) is 54.6 Å². The van der Waals surface area contributed by atoms with Crippen molar-refractivity contribution in [1.82, 2.24) is 4.90 Å². The van der Waals surface area contributed by atoms with Crippen LogP contribution in [-0.2, 0) is 11.3 Å². The Morgan fingerprint density at radius 1 is 0.931 bits per heavy atom. The van der Waals surface area contributed by atoms with Gasteiger partial charge >= 0.3 is 5.97 Å². The van der Waals surface area contributed by atoms with E-state index in [-0.39, 0.29) is 18.4 Å². The van der Waals surface area contributed by atoms with Gasteiger partial charge in [0.2, 0.25) is 0 Å². The third-order valence-electron chi connectivity index (χ3n) is 5.12. The van der Waals surface area contributed by atoms with Crippen molar-refractivity contribution in [3.05, 3.63) is 88.4 Å². The molecule has 2 aliphatic rings. The lowest BCUT2D eigenvalue weighted by Crippen LogP contribution is -2.28. The van der Waals surface area contributed by atoms with Crippen LogP contribution in [0.25, 0.3) is 0 Å². The molecule has 5 rings (SSSR count). The number of nitrogens with zero attached hydrogens (tertiary/aromatic N) is 1. The van der Waals surface area contributed by atoms with Gasteiger partial charge < -0.3 is 13.9 Å². The highest BCUT2D eigenvalue weighted by molar-refractivity contribution is 6.21. The number of methoxy groups -OCH3 is 1. The van der Waals surface area contributed by atoms with Gasteiger partial charge in [0.25, 0.3) is 11.8 Å². The number of benzene rings is 2. The van der Waals surface area contributed by atoms with Gasteiger partial charge in [-0.25, -0.2) is 4.79 Å². The van der Waals surface area contributed by atoms with E-state index in [4.69, 9.17) is 13.9 Å². The molecule has 0 fully saturated rings. The van der Waals surface area contributed by atoms with Crippen molar-refractivity contribution in [3.63, 3.8) is 0 Å². The summed E-state index contributed by atoms with van der Waals surface area (Å²) in [5.41, 5.74) is 1.87. The number of carbonyl (C=O) groups is 3. The van der Waals surface area contributed by atoms with Gasteiger partial charge in [0, 0.05) is 5.56 Å². The van der Waals surface area contributed by atoms with E-state index >= 15 is 0 Å². The molecule has 2 aromatic carbocycles. The summed E-state index contributed by atoms with van der Waals surface area (Å²) in [5.74, 6) is 0.247. The second-order valence-electron chi connectivity index (χ2n) is 6.78. The Labute approximate surface area is 165 Å². The molecule has 3 aromatic rings. The van der Waals surface area contributed by atoms with Crippen LogP contribution in [0.3, 0.4) is 0 Å². The fourth-order valence-electron chi connectivity index (χ4n) is 3.67. The standard InChI is InChI=1S/C22H15NO6/c1-27-12-6-8-14-17(10-12)22(26)29-19(14)18-9-7-13(28-18)11-23-20(24)15-4-2-3-5-16(15)21(23)25/h2-10,19H,11H2,1H3. The number of fused-ring (bicyclic) bond motifs is 2. The summed E-state index contributed by atoms with van der Waals surface area (Å²) >= 11 is 0. The zero-order valence-electron chi connectivity index (χ0n) is 15.4. The molecule has 2 aliphatic heterocycles. The van der Waals surface area contributed by atoms with Gasteiger partial charge in [-0.2, -0.15) is 0 Å². The Balaban J connectivity index is 1.40. The molecule has 7 heteroatoms. The van der Waals surface area contributed by atoms with Gasteiger partial charge in [0.1, 0.15) is 17.3 Å². The lowest BCUT2D eigenvalue weighted by molar-refractivity contribution is 0.0417. The average Bonchev–Trinajstić information content (AvgIpc) is 3.40. The number of ether oxygens (including phenoxy) is 2. The van der Waals surface area contributed by atoms with Crippen molar-refractivity contribution in [1.29, 1.82) is 0 Å². The average molecular weight is 389 g/mol. The largest absolute Gasteiger partial charge is 0.497 e. The summed E-state index contributed by atoms with van der Waals surface area (Å²) < 4.78 is 16.4. The lowest BCUT2D eigenvalue weighted by atomic mass is 10.0. The number of amides is 2. The van der Waals surface area contributed by atoms with Crippen molar-refractivity contribution < 1.29 is 28.3 Å². The first kappa shape index (κ1) is 17.2. The Morgan fingerprint density at radius 3 is 2.34 bits per heavy atom. The van der Waals surface area contributed by atoms with E-state index in [0.29, 0.717) is 39.5 Å². The predicted molar refractivity (Wildman–Crippen MR) is 99.6 cm³/mol. The molecule has 1 aromatic heterocycles. The first-order valence-electron chi connectivity index (χ1n) is 8.99. The number of hydrogen-bond donors (Lipinski definition) is 0. The summed E-state index contributed by atoms with van der Waals surface area (Å²) in [4.78, 5) is 38.4. The molecular formula is C22H15NO6. The number of carbonyl (C=O) groups excluding carboxylic acids is 3. The van der Waals surface area contributed by atoms with E-state index in [1.165, 1.54) is 7.11 Å². The molecule has 0 saturated carbocycles. The maximum Gasteiger partial charge on any atom is 0.339 e. The van der Waals surface area contributed by atoms with Crippen LogP contribution in [-0.4, -0.2) is 29.8 Å². The summed E-state index contributed by atoms with van der Waals surface area (Å²) in [6.07, 6.45) is -0.681. The zero-order chi connectivity index (χ0) is 20.1. The van der Waals surface area contributed by atoms with Crippen LogP contribution in [0.15, 0.2) is 59.0 Å². The minimum absolute atomic E-state index is 0.00246. The first-order chi connectivity index (χ1) is 14.1. The smallest absolute Gasteiger partial charge is 0.339 e. The highest BCUT2D eigenvalue weighted by Gasteiger charge is 2.37. The molecule has 0 saturated heterocycles. The molecule has 144 valence electrons. The minimum atomic E-state index is -0.681. The van der Waals surface area contributed by atoms with Crippen LogP contribution in [0.5, 0.6) is 5.75 Å². The van der Waals surface area contributed by atoms with Crippen molar-refractivity contribution in [2.75, 3.05) is 7.11 Å². The Bertz CT molecular complexity index is 1140. The van der Waals surface area contributed by atoms with Crippen molar-refractivity contribution in [2.45, 2.75) is 12.6 Å². The van der Waals surface area contributed by atoms with Crippen LogP contribution in [0.2, 0.25) is 0 Å². The van der Waals surface area contributed by atoms with E-state index in [1.807, 2.05) is 0 Å². The second-order valence-corrected chi connectivity index (χ2v) is 6.78. The number of imide groups is 1. The molecule has 2 amide bonds. The van der Waals surface area contributed by atoms with Gasteiger partial charge in [-0.15, -0.1) is 0 Å². The van der Waals surface area contributed by atoms with Gasteiger partial charge in [0.05, 0.1) is 30.3 Å². The Kier molecular flexibility index (Phi) is 3.77. The zero-order valence-corrected chi connectivity index (χ0v) is 15.4. The summed E-state index contributed by atoms with van der Waals surface area (Å²) in [5, 5.41) is 0. The summed E-state index contributed by atoms with van der Waals surface area (Å²) in [6, 6.07) is 15.2. The maximum absolute atomic E-state index is 12.5. The normalized spacial score (nSPS) is 17.3. The molecule has 1 atom stereocenters. The number of furan rings is 1. The van der Waals surface area contributed by atoms with Gasteiger partial charge in [-0.3, -0.25) is 14.5 Å². The SMILES string of the molecule is COc1ccc2c(c1)C(=O)OC2c1ccc(CN2C(=O)c3ccccc3C2=O)o1. The number of hydrogen-bond acceptors (Lipinski definition) is 6. The van der Waals surface area contributed by atoms with Gasteiger partial charge in [-0.05, 0) is 36.4 Å². The predicted octanol–water partition coefficient (Wildman–Crippen LogP) is 3.34. The highest BCUT2D eigenvalue weighted by atomic mass is 16.6. The maximum atomic E-state index is 12.5. The van der Waals surface area contributed by atoms with E-state index in [9.17, 15) is 14.4 Å². The van der Waals surface area contributed by atoms with Crippen LogP contribution in [0.4, 0.5) is 0 Å². The molecule has 29 heavy (non-hydrogen) atoms. The molecule has 0 spiro atoms. The molecule has 3 heterocycles. The summed E-state index contributed by atoms with van der Waals surface area (Å²) in [7, 11) is 1.53. The van der Waals surface area contributed by atoms with E-state index in [0.717, 1.165) is 4.90 Å². The van der Waals surface area contributed by atoms with Crippen LogP contribution in [0, 0.1) is 0 Å². The fraction of sp³-hybridized carbons (Fsp3) is 0.136. The molecule has 0 radical (unpaired) electrons. The first-order valence-corrected chi connectivity index (χ1v) is 8.99. The fourth-order valence-corrected chi connectivity index (χ4v) is 3.67. The van der Waals surface area contributed by atoms with Crippen LogP contribution < -0.4 is 4.74 Å². The quantitative estimate of drug-likeness (QED) is 0.503. The molecule has 7 nitrogen and oxygen atoms in total. The highest BCUT2D eigenvalue weighted by Crippen LogP contribution is 2.38. The topological polar surface area (TPSA) is 86.0 Å². The van der Waals surface area contributed by atoms with Gasteiger partial charge in [0.15, 0.2) is 6.10 Å². The van der Waals surface area contributed by atoms with Crippen LogP contribution >= 0.6 is 0 Å². The van der Waals surface area contributed by atoms with E-state index in [2.05, 4.69) is 0 Å². The third kappa shape index (κ3) is 2.62. The molecule has 1 unspecified atom stereocenters. The van der Waals surface area contributed by atoms with Crippen LogP contribution in [0.1, 0.15) is 54.3 Å². The van der Waals surface area contributed by atoms with Gasteiger partial charge in [-0.1, -0.05) is 18.2 Å². The Morgan fingerprint density at radius 2 is 1.66 bits per heavy atom. The molecular weight excluding hydrogens is 374 g/mol. The number of esters is 1. The summed E-state index contributed by atoms with van der Waals surface area (Å²) in [6.45, 7) is 0.00246. The lowest BCUT2D eigenvalue weighted by Gasteiger charge is -2.12. The Hall–Kier alpha value is -3.87. The monoisotopic (exact) mass is 389 g/mol. The second kappa shape index (κ2) is 6.34. The minimum Gasteiger partial charge on any atom is -0.497 e. The molecule has 0 aliphatic carbocycles. The van der Waals surface area contributed by atoms with Crippen molar-refractivity contribution in [2.24, 2.45) is 0 Å².